The van der Waals surface area contributed by atoms with Crippen LogP contribution in [0.25, 0.3) is 0 Å². The van der Waals surface area contributed by atoms with Gasteiger partial charge < -0.3 is 19.7 Å². The van der Waals surface area contributed by atoms with Crippen LogP contribution >= 0.6 is 0 Å². The van der Waals surface area contributed by atoms with Crippen molar-refractivity contribution < 1.29 is 29.3 Å². The van der Waals surface area contributed by atoms with E-state index in [0.717, 1.165) is 0 Å². The average molecular weight is 272 g/mol. The predicted molar refractivity (Wildman–Crippen MR) is 67.9 cm³/mol. The number of rotatable bonds is 6. The summed E-state index contributed by atoms with van der Waals surface area (Å²) in [5.41, 5.74) is -1.75. The second kappa shape index (κ2) is 5.99. The monoisotopic (exact) mass is 272 g/mol. The Morgan fingerprint density at radius 3 is 1.53 bits per heavy atom. The van der Waals surface area contributed by atoms with Gasteiger partial charge in [-0.2, -0.15) is 0 Å². The van der Waals surface area contributed by atoms with Gasteiger partial charge in [-0.3, -0.25) is 0 Å². The van der Waals surface area contributed by atoms with Gasteiger partial charge in [0.15, 0.2) is 0 Å². The molecule has 0 heterocycles. The third-order valence-corrected chi connectivity index (χ3v) is 2.35. The quantitative estimate of drug-likeness (QED) is 0.420. The van der Waals surface area contributed by atoms with Crippen molar-refractivity contribution in [1.29, 1.82) is 0 Å². The average Bonchev–Trinajstić information content (AvgIpc) is 2.25. The minimum Gasteiger partial charge on any atom is -0.414 e. The van der Waals surface area contributed by atoms with Gasteiger partial charge in [0.05, 0.1) is 0 Å². The number of aliphatic hydroxyl groups is 2. The maximum absolute atomic E-state index is 11.6. The summed E-state index contributed by atoms with van der Waals surface area (Å²) in [6.45, 7) is 11.1. The van der Waals surface area contributed by atoms with Crippen molar-refractivity contribution in [2.75, 3.05) is 6.61 Å². The van der Waals surface area contributed by atoms with Gasteiger partial charge in [-0.25, -0.2) is 9.59 Å². The molecule has 0 aliphatic heterocycles. The first-order valence-corrected chi connectivity index (χ1v) is 5.58. The number of ether oxygens (including phenoxy) is 2. The van der Waals surface area contributed by atoms with Gasteiger partial charge in [0.2, 0.25) is 0 Å². The van der Waals surface area contributed by atoms with E-state index in [9.17, 15) is 19.8 Å². The van der Waals surface area contributed by atoms with E-state index in [1.807, 2.05) is 0 Å². The van der Waals surface area contributed by atoms with Crippen LogP contribution in [0.5, 0.6) is 0 Å². The van der Waals surface area contributed by atoms with Crippen LogP contribution in [0.3, 0.4) is 0 Å². The van der Waals surface area contributed by atoms with Crippen LogP contribution in [-0.2, 0) is 19.1 Å². The van der Waals surface area contributed by atoms with Crippen molar-refractivity contribution in [3.63, 3.8) is 0 Å². The molecule has 0 aliphatic carbocycles. The third-order valence-electron chi connectivity index (χ3n) is 2.35. The lowest BCUT2D eigenvalue weighted by Gasteiger charge is -2.39. The molecular formula is C13H20O6. The maximum Gasteiger partial charge on any atom is 0.336 e. The smallest absolute Gasteiger partial charge is 0.336 e. The van der Waals surface area contributed by atoms with Gasteiger partial charge in [-0.1, -0.05) is 13.2 Å². The molecule has 0 aliphatic rings. The second-order valence-electron chi connectivity index (χ2n) is 4.81. The van der Waals surface area contributed by atoms with Crippen LogP contribution in [-0.4, -0.2) is 40.1 Å². The van der Waals surface area contributed by atoms with Crippen LogP contribution in [0.4, 0.5) is 0 Å². The number of hydrogen-bond donors (Lipinski definition) is 2. The fourth-order valence-corrected chi connectivity index (χ4v) is 1.00. The summed E-state index contributed by atoms with van der Waals surface area (Å²) in [4.78, 5) is 23.1. The Balaban J connectivity index is 5.46. The van der Waals surface area contributed by atoms with Crippen LogP contribution in [0.1, 0.15) is 27.7 Å². The van der Waals surface area contributed by atoms with Gasteiger partial charge in [-0.15, -0.1) is 0 Å². The molecule has 6 heteroatoms. The standard InChI is InChI=1S/C13H20O6/c1-8(2)10(15)18-13(7-14,12(5,6)17)19-11(16)9(3)4/h14,17H,1,3,7H2,2,4-6H3. The highest BCUT2D eigenvalue weighted by Crippen LogP contribution is 2.29. The van der Waals surface area contributed by atoms with E-state index in [1.165, 1.54) is 27.7 Å². The number of carbonyl (C=O) groups excluding carboxylic acids is 2. The highest BCUT2D eigenvalue weighted by Gasteiger charge is 2.51. The van der Waals surface area contributed by atoms with Gasteiger partial charge in [0, 0.05) is 11.1 Å². The molecule has 0 aromatic carbocycles. The largest absolute Gasteiger partial charge is 0.414 e. The zero-order valence-electron chi connectivity index (χ0n) is 11.6. The summed E-state index contributed by atoms with van der Waals surface area (Å²) >= 11 is 0. The first kappa shape index (κ1) is 17.3. The summed E-state index contributed by atoms with van der Waals surface area (Å²) < 4.78 is 9.82. The van der Waals surface area contributed by atoms with Gasteiger partial charge in [-0.05, 0) is 27.7 Å². The van der Waals surface area contributed by atoms with E-state index >= 15 is 0 Å². The fraction of sp³-hybridized carbons (Fsp3) is 0.538. The Morgan fingerprint density at radius 2 is 1.37 bits per heavy atom. The molecule has 0 bridgehead atoms. The van der Waals surface area contributed by atoms with E-state index in [-0.39, 0.29) is 11.1 Å². The molecule has 0 aromatic heterocycles. The van der Waals surface area contributed by atoms with Crippen molar-refractivity contribution in [2.45, 2.75) is 39.1 Å². The molecule has 19 heavy (non-hydrogen) atoms. The van der Waals surface area contributed by atoms with E-state index in [1.54, 1.807) is 0 Å². The topological polar surface area (TPSA) is 93.1 Å². The number of carbonyl (C=O) groups is 2. The van der Waals surface area contributed by atoms with Gasteiger partial charge in [0.1, 0.15) is 12.2 Å². The Kier molecular flexibility index (Phi) is 5.46. The normalized spacial score (nSPS) is 11.7. The van der Waals surface area contributed by atoms with Crippen LogP contribution < -0.4 is 0 Å². The Bertz CT molecular complexity index is 374. The van der Waals surface area contributed by atoms with Crippen molar-refractivity contribution in [2.24, 2.45) is 0 Å². The molecule has 0 fully saturated rings. The van der Waals surface area contributed by atoms with E-state index in [0.29, 0.717) is 0 Å². The first-order chi connectivity index (χ1) is 8.47. The molecular weight excluding hydrogens is 252 g/mol. The van der Waals surface area contributed by atoms with Gasteiger partial charge >= 0.3 is 17.7 Å². The molecule has 2 N–H and O–H groups in total. The van der Waals surface area contributed by atoms with E-state index < -0.39 is 29.9 Å². The molecule has 0 unspecified atom stereocenters. The zero-order chi connectivity index (χ0) is 15.4. The molecule has 6 nitrogen and oxygen atoms in total. The molecule has 0 spiro atoms. The van der Waals surface area contributed by atoms with E-state index in [4.69, 9.17) is 9.47 Å². The lowest BCUT2D eigenvalue weighted by atomic mass is 9.97. The highest BCUT2D eigenvalue weighted by molar-refractivity contribution is 5.89. The molecule has 0 atom stereocenters. The van der Waals surface area contributed by atoms with Crippen molar-refractivity contribution >= 4 is 11.9 Å². The summed E-state index contributed by atoms with van der Waals surface area (Å²) in [6, 6.07) is 0. The highest BCUT2D eigenvalue weighted by atomic mass is 16.8. The summed E-state index contributed by atoms with van der Waals surface area (Å²) in [6.07, 6.45) is 0. The third kappa shape index (κ3) is 4.18. The SMILES string of the molecule is C=C(C)C(=O)OC(CO)(OC(=O)C(=C)C)C(C)(C)O. The maximum atomic E-state index is 11.6. The minimum absolute atomic E-state index is 0.0356. The molecule has 108 valence electrons. The number of hydrogen-bond acceptors (Lipinski definition) is 6. The first-order valence-electron chi connectivity index (χ1n) is 5.58. The van der Waals surface area contributed by atoms with Crippen LogP contribution in [0, 0.1) is 0 Å². The minimum atomic E-state index is -2.22. The molecule has 0 rings (SSSR count). The molecule has 0 amide bonds. The summed E-state index contributed by atoms with van der Waals surface area (Å²) in [5.74, 6) is -4.02. The van der Waals surface area contributed by atoms with Crippen molar-refractivity contribution in [3.05, 3.63) is 24.3 Å². The molecule has 0 aromatic rings. The lowest BCUT2D eigenvalue weighted by molar-refractivity contribution is -0.294. The van der Waals surface area contributed by atoms with Crippen molar-refractivity contribution in [3.8, 4) is 0 Å². The van der Waals surface area contributed by atoms with Gasteiger partial charge in [0.25, 0.3) is 0 Å². The Hall–Kier alpha value is -1.66. The second-order valence-corrected chi connectivity index (χ2v) is 4.81. The van der Waals surface area contributed by atoms with Crippen LogP contribution in [0.15, 0.2) is 24.3 Å². The fourth-order valence-electron chi connectivity index (χ4n) is 1.00. The number of aliphatic hydroxyl groups excluding tert-OH is 1. The zero-order valence-corrected chi connectivity index (χ0v) is 11.6. The number of esters is 2. The molecule has 0 saturated heterocycles. The predicted octanol–water partition coefficient (Wildman–Crippen LogP) is 0.685. The Morgan fingerprint density at radius 1 is 1.05 bits per heavy atom. The summed E-state index contributed by atoms with van der Waals surface area (Å²) in [7, 11) is 0. The van der Waals surface area contributed by atoms with Crippen molar-refractivity contribution in [1.82, 2.24) is 0 Å². The van der Waals surface area contributed by atoms with E-state index in [2.05, 4.69) is 13.2 Å². The lowest BCUT2D eigenvalue weighted by Crippen LogP contribution is -2.59. The Labute approximate surface area is 112 Å². The summed E-state index contributed by atoms with van der Waals surface area (Å²) in [5, 5.41) is 19.4. The van der Waals surface area contributed by atoms with Crippen LogP contribution in [0.2, 0.25) is 0 Å². The molecule has 0 saturated carbocycles. The molecule has 0 radical (unpaired) electrons.